The lowest BCUT2D eigenvalue weighted by molar-refractivity contribution is 0.643. The third-order valence-electron chi connectivity index (χ3n) is 2.65. The van der Waals surface area contributed by atoms with Gasteiger partial charge in [0.1, 0.15) is 5.02 Å². The lowest BCUT2D eigenvalue weighted by Gasteiger charge is -2.15. The highest BCUT2D eigenvalue weighted by molar-refractivity contribution is 6.32. The Balaban J connectivity index is 2.62. The molecule has 0 spiro atoms. The Labute approximate surface area is 115 Å². The summed E-state index contributed by atoms with van der Waals surface area (Å²) in [7, 11) is 0. The number of unbranched alkanes of at least 4 members (excludes halogenated alkanes) is 1. The third-order valence-corrected chi connectivity index (χ3v) is 2.93. The van der Waals surface area contributed by atoms with Crippen molar-refractivity contribution < 1.29 is 0 Å². The molecular weight excluding hydrogens is 248 g/mol. The van der Waals surface area contributed by atoms with Gasteiger partial charge in [0.2, 0.25) is 5.95 Å². The van der Waals surface area contributed by atoms with Crippen molar-refractivity contribution in [2.45, 2.75) is 52.5 Å². The summed E-state index contributed by atoms with van der Waals surface area (Å²) < 4.78 is 0. The van der Waals surface area contributed by atoms with Crippen LogP contribution in [-0.2, 0) is 0 Å². The molecule has 0 bridgehead atoms. The zero-order valence-electron chi connectivity index (χ0n) is 11.5. The molecule has 1 aromatic heterocycles. The molecule has 1 aromatic rings. The highest BCUT2D eigenvalue weighted by Gasteiger charge is 2.08. The predicted molar refractivity (Wildman–Crippen MR) is 78.4 cm³/mol. The standard InChI is InChI=1S/C13H23ClN4/c1-4-6-7-10(3)17-12-11(14)9-16-13(18-12)15-8-5-2/h9-10H,4-8H2,1-3H3,(H2,15,16,17,18). The second kappa shape index (κ2) is 8.14. The lowest BCUT2D eigenvalue weighted by atomic mass is 10.1. The maximum atomic E-state index is 6.09. The summed E-state index contributed by atoms with van der Waals surface area (Å²) in [6.07, 6.45) is 6.21. The van der Waals surface area contributed by atoms with Crippen molar-refractivity contribution in [3.63, 3.8) is 0 Å². The molecule has 0 aliphatic rings. The van der Waals surface area contributed by atoms with E-state index in [0.717, 1.165) is 19.4 Å². The van der Waals surface area contributed by atoms with Crippen LogP contribution in [0.4, 0.5) is 11.8 Å². The van der Waals surface area contributed by atoms with Gasteiger partial charge in [-0.25, -0.2) is 4.98 Å². The Morgan fingerprint density at radius 2 is 2.11 bits per heavy atom. The van der Waals surface area contributed by atoms with Crippen molar-refractivity contribution in [1.29, 1.82) is 0 Å². The molecule has 0 saturated carbocycles. The van der Waals surface area contributed by atoms with Gasteiger partial charge in [0, 0.05) is 12.6 Å². The van der Waals surface area contributed by atoms with Gasteiger partial charge in [0.15, 0.2) is 5.82 Å². The molecule has 0 amide bonds. The van der Waals surface area contributed by atoms with Crippen molar-refractivity contribution in [1.82, 2.24) is 9.97 Å². The molecule has 0 fully saturated rings. The summed E-state index contributed by atoms with van der Waals surface area (Å²) in [5, 5.41) is 7.07. The zero-order valence-corrected chi connectivity index (χ0v) is 12.2. The van der Waals surface area contributed by atoms with E-state index in [2.05, 4.69) is 41.4 Å². The second-order valence-electron chi connectivity index (χ2n) is 4.50. The lowest BCUT2D eigenvalue weighted by Crippen LogP contribution is -2.17. The van der Waals surface area contributed by atoms with Gasteiger partial charge < -0.3 is 10.6 Å². The average molecular weight is 271 g/mol. The molecule has 1 rings (SSSR count). The highest BCUT2D eigenvalue weighted by atomic mass is 35.5. The van der Waals surface area contributed by atoms with E-state index >= 15 is 0 Å². The first-order valence-corrected chi connectivity index (χ1v) is 7.08. The van der Waals surface area contributed by atoms with Crippen molar-refractivity contribution >= 4 is 23.4 Å². The molecule has 4 nitrogen and oxygen atoms in total. The fourth-order valence-electron chi connectivity index (χ4n) is 1.61. The number of hydrogen-bond acceptors (Lipinski definition) is 4. The molecule has 0 aliphatic carbocycles. The number of rotatable bonds is 8. The monoisotopic (exact) mass is 270 g/mol. The van der Waals surface area contributed by atoms with E-state index in [4.69, 9.17) is 11.6 Å². The molecule has 1 atom stereocenters. The fourth-order valence-corrected chi connectivity index (χ4v) is 1.75. The van der Waals surface area contributed by atoms with E-state index in [9.17, 15) is 0 Å². The van der Waals surface area contributed by atoms with E-state index in [1.165, 1.54) is 12.8 Å². The molecular formula is C13H23ClN4. The molecule has 18 heavy (non-hydrogen) atoms. The molecule has 0 radical (unpaired) electrons. The number of nitrogens with one attached hydrogen (secondary N) is 2. The van der Waals surface area contributed by atoms with Gasteiger partial charge in [0.05, 0.1) is 6.20 Å². The van der Waals surface area contributed by atoms with E-state index in [1.54, 1.807) is 6.20 Å². The Kier molecular flexibility index (Phi) is 6.80. The summed E-state index contributed by atoms with van der Waals surface area (Å²) in [5.41, 5.74) is 0. The second-order valence-corrected chi connectivity index (χ2v) is 4.91. The van der Waals surface area contributed by atoms with Crippen LogP contribution < -0.4 is 10.6 Å². The van der Waals surface area contributed by atoms with Crippen LogP contribution in [-0.4, -0.2) is 22.6 Å². The van der Waals surface area contributed by atoms with Crippen molar-refractivity contribution in [3.05, 3.63) is 11.2 Å². The van der Waals surface area contributed by atoms with E-state index in [-0.39, 0.29) is 0 Å². The van der Waals surface area contributed by atoms with Crippen LogP contribution in [0.5, 0.6) is 0 Å². The molecule has 0 saturated heterocycles. The Hall–Kier alpha value is -1.03. The van der Waals surface area contributed by atoms with Gasteiger partial charge in [0.25, 0.3) is 0 Å². The zero-order chi connectivity index (χ0) is 13.4. The number of aromatic nitrogens is 2. The highest BCUT2D eigenvalue weighted by Crippen LogP contribution is 2.21. The molecule has 1 heterocycles. The van der Waals surface area contributed by atoms with Crippen LogP contribution in [0.15, 0.2) is 6.20 Å². The van der Waals surface area contributed by atoms with Gasteiger partial charge in [-0.2, -0.15) is 4.98 Å². The number of nitrogens with zero attached hydrogens (tertiary/aromatic N) is 2. The first-order chi connectivity index (χ1) is 8.67. The fraction of sp³-hybridized carbons (Fsp3) is 0.692. The average Bonchev–Trinajstić information content (AvgIpc) is 2.37. The summed E-state index contributed by atoms with van der Waals surface area (Å²) in [4.78, 5) is 8.54. The van der Waals surface area contributed by atoms with Gasteiger partial charge in [-0.3, -0.25) is 0 Å². The van der Waals surface area contributed by atoms with Crippen molar-refractivity contribution in [2.24, 2.45) is 0 Å². The van der Waals surface area contributed by atoms with Gasteiger partial charge >= 0.3 is 0 Å². The molecule has 0 aromatic carbocycles. The Morgan fingerprint density at radius 3 is 2.78 bits per heavy atom. The van der Waals surface area contributed by atoms with Gasteiger partial charge in [-0.15, -0.1) is 0 Å². The summed E-state index contributed by atoms with van der Waals surface area (Å²) in [5.74, 6) is 1.35. The van der Waals surface area contributed by atoms with Crippen LogP contribution in [0.2, 0.25) is 5.02 Å². The van der Waals surface area contributed by atoms with Crippen molar-refractivity contribution in [3.8, 4) is 0 Å². The SMILES string of the molecule is CCCCC(C)Nc1nc(NCCC)ncc1Cl. The van der Waals surface area contributed by atoms with Crippen molar-refractivity contribution in [2.75, 3.05) is 17.2 Å². The maximum absolute atomic E-state index is 6.09. The quantitative estimate of drug-likeness (QED) is 0.751. The summed E-state index contributed by atoms with van der Waals surface area (Å²) in [6, 6.07) is 0.372. The van der Waals surface area contributed by atoms with Crippen LogP contribution in [0.3, 0.4) is 0 Å². The molecule has 5 heteroatoms. The Morgan fingerprint density at radius 1 is 1.33 bits per heavy atom. The van der Waals surface area contributed by atoms with Crippen LogP contribution in [0.25, 0.3) is 0 Å². The topological polar surface area (TPSA) is 49.8 Å². The smallest absolute Gasteiger partial charge is 0.224 e. The van der Waals surface area contributed by atoms with E-state index in [1.807, 2.05) is 0 Å². The van der Waals surface area contributed by atoms with E-state index in [0.29, 0.717) is 22.8 Å². The van der Waals surface area contributed by atoms with Crippen LogP contribution in [0.1, 0.15) is 46.5 Å². The summed E-state index contributed by atoms with van der Waals surface area (Å²) in [6.45, 7) is 7.31. The van der Waals surface area contributed by atoms with E-state index < -0.39 is 0 Å². The minimum absolute atomic E-state index is 0.372. The third kappa shape index (κ3) is 5.08. The summed E-state index contributed by atoms with van der Waals surface area (Å²) >= 11 is 6.09. The van der Waals surface area contributed by atoms with Crippen LogP contribution >= 0.6 is 11.6 Å². The first-order valence-electron chi connectivity index (χ1n) is 6.70. The Bertz CT molecular complexity index is 357. The van der Waals surface area contributed by atoms with Crippen LogP contribution in [0, 0.1) is 0 Å². The predicted octanol–water partition coefficient (Wildman–Crippen LogP) is 3.94. The molecule has 102 valence electrons. The molecule has 2 N–H and O–H groups in total. The number of hydrogen-bond donors (Lipinski definition) is 2. The van der Waals surface area contributed by atoms with Gasteiger partial charge in [-0.1, -0.05) is 38.3 Å². The first kappa shape index (κ1) is 15.0. The normalized spacial score (nSPS) is 12.2. The number of halogens is 1. The number of anilines is 2. The minimum Gasteiger partial charge on any atom is -0.366 e. The minimum atomic E-state index is 0.372. The maximum Gasteiger partial charge on any atom is 0.224 e. The molecule has 1 unspecified atom stereocenters. The largest absolute Gasteiger partial charge is 0.366 e. The van der Waals surface area contributed by atoms with Gasteiger partial charge in [-0.05, 0) is 19.8 Å². The molecule has 0 aliphatic heterocycles.